The monoisotopic (exact) mass is 288 g/mol. The van der Waals surface area contributed by atoms with Gasteiger partial charge in [-0.1, -0.05) is 20.8 Å². The van der Waals surface area contributed by atoms with Gasteiger partial charge < -0.3 is 20.0 Å². The van der Waals surface area contributed by atoms with Crippen molar-refractivity contribution in [2.75, 3.05) is 39.3 Å². The Morgan fingerprint density at radius 1 is 1.20 bits per heavy atom. The van der Waals surface area contributed by atoms with Crippen LogP contribution in [0.4, 0.5) is 0 Å². The van der Waals surface area contributed by atoms with Crippen LogP contribution in [-0.4, -0.2) is 70.9 Å². The molecule has 0 radical (unpaired) electrons. The van der Waals surface area contributed by atoms with Crippen molar-refractivity contribution in [3.05, 3.63) is 0 Å². The Kier molecular flexibility index (Phi) is 9.01. The molecule has 1 heterocycles. The van der Waals surface area contributed by atoms with Crippen molar-refractivity contribution >= 4 is 5.91 Å². The van der Waals surface area contributed by atoms with E-state index in [4.69, 9.17) is 10.2 Å². The molecule has 1 aliphatic rings. The number of hydrogen-bond acceptors (Lipinski definition) is 4. The maximum Gasteiger partial charge on any atom is 0.225 e. The van der Waals surface area contributed by atoms with E-state index in [9.17, 15) is 4.79 Å². The van der Waals surface area contributed by atoms with E-state index in [1.165, 1.54) is 0 Å². The van der Waals surface area contributed by atoms with Gasteiger partial charge in [0.25, 0.3) is 0 Å². The second-order valence-electron chi connectivity index (χ2n) is 6.20. The highest BCUT2D eigenvalue weighted by Gasteiger charge is 2.21. The molecule has 0 bridgehead atoms. The summed E-state index contributed by atoms with van der Waals surface area (Å²) in [5, 5.41) is 17.1. The summed E-state index contributed by atoms with van der Waals surface area (Å²) in [5.74, 6) is 0.448. The third kappa shape index (κ3) is 8.51. The highest BCUT2D eigenvalue weighted by atomic mass is 16.3. The first-order valence-electron chi connectivity index (χ1n) is 7.55. The molecule has 1 fully saturated rings. The van der Waals surface area contributed by atoms with E-state index in [2.05, 4.69) is 11.8 Å². The van der Waals surface area contributed by atoms with Crippen LogP contribution in [0.3, 0.4) is 0 Å². The summed E-state index contributed by atoms with van der Waals surface area (Å²) in [6.45, 7) is 14.5. The molecule has 0 unspecified atom stereocenters. The summed E-state index contributed by atoms with van der Waals surface area (Å²) < 4.78 is 0. The Bertz CT molecular complexity index is 267. The van der Waals surface area contributed by atoms with Crippen molar-refractivity contribution in [3.8, 4) is 0 Å². The minimum Gasteiger partial charge on any atom is -0.396 e. The van der Waals surface area contributed by atoms with E-state index in [1.54, 1.807) is 13.8 Å². The van der Waals surface area contributed by atoms with Gasteiger partial charge in [0.15, 0.2) is 0 Å². The van der Waals surface area contributed by atoms with Gasteiger partial charge in [-0.25, -0.2) is 0 Å². The lowest BCUT2D eigenvalue weighted by atomic mass is 10.1. The van der Waals surface area contributed by atoms with Gasteiger partial charge in [-0.05, 0) is 26.8 Å². The fourth-order valence-electron chi connectivity index (χ4n) is 1.92. The van der Waals surface area contributed by atoms with Gasteiger partial charge in [-0.2, -0.15) is 0 Å². The molecular weight excluding hydrogens is 256 g/mol. The smallest absolute Gasteiger partial charge is 0.225 e. The molecule has 2 N–H and O–H groups in total. The van der Waals surface area contributed by atoms with Crippen LogP contribution in [0.2, 0.25) is 0 Å². The number of amides is 1. The Balaban J connectivity index is 0.000000441. The Morgan fingerprint density at radius 2 is 1.70 bits per heavy atom. The van der Waals surface area contributed by atoms with Crippen LogP contribution in [0.15, 0.2) is 0 Å². The fraction of sp³-hybridized carbons (Fsp3) is 0.933. The maximum absolute atomic E-state index is 11.6. The third-order valence-corrected chi connectivity index (χ3v) is 3.35. The topological polar surface area (TPSA) is 64.0 Å². The normalized spacial score (nSPS) is 16.9. The number of hydrogen-bond donors (Lipinski definition) is 2. The molecule has 0 aliphatic carbocycles. The standard InChI is InChI=1S/C10H20N2O.C5H12O2/c1-4-11-5-7-12(8-6-11)10(13)9(2)3;1-5(2,7)3-4-6/h9H,4-8H2,1-3H3;6-7H,3-4H2,1-2H3. The highest BCUT2D eigenvalue weighted by molar-refractivity contribution is 5.78. The van der Waals surface area contributed by atoms with Crippen molar-refractivity contribution in [1.82, 2.24) is 9.80 Å². The largest absolute Gasteiger partial charge is 0.396 e. The van der Waals surface area contributed by atoms with Gasteiger partial charge in [-0.15, -0.1) is 0 Å². The number of carbonyl (C=O) groups is 1. The predicted molar refractivity (Wildman–Crippen MR) is 81.5 cm³/mol. The van der Waals surface area contributed by atoms with Crippen LogP contribution < -0.4 is 0 Å². The molecule has 0 aromatic rings. The lowest BCUT2D eigenvalue weighted by molar-refractivity contribution is -0.136. The summed E-state index contributed by atoms with van der Waals surface area (Å²) in [4.78, 5) is 16.0. The molecule has 0 atom stereocenters. The van der Waals surface area contributed by atoms with Crippen molar-refractivity contribution in [3.63, 3.8) is 0 Å². The average Bonchev–Trinajstić information content (AvgIpc) is 2.37. The maximum atomic E-state index is 11.6. The molecule has 1 rings (SSSR count). The Morgan fingerprint density at radius 3 is 1.95 bits per heavy atom. The van der Waals surface area contributed by atoms with E-state index in [0.717, 1.165) is 32.7 Å². The summed E-state index contributed by atoms with van der Waals surface area (Å²) in [7, 11) is 0. The first-order valence-corrected chi connectivity index (χ1v) is 7.55. The number of nitrogens with zero attached hydrogens (tertiary/aromatic N) is 2. The summed E-state index contributed by atoms with van der Waals surface area (Å²) in [6, 6.07) is 0. The minimum atomic E-state index is -0.700. The lowest BCUT2D eigenvalue weighted by Crippen LogP contribution is -2.49. The van der Waals surface area contributed by atoms with Crippen LogP contribution in [0.1, 0.15) is 41.0 Å². The lowest BCUT2D eigenvalue weighted by Gasteiger charge is -2.34. The summed E-state index contributed by atoms with van der Waals surface area (Å²) in [5.41, 5.74) is -0.700. The molecule has 120 valence electrons. The first-order chi connectivity index (χ1) is 9.21. The average molecular weight is 288 g/mol. The molecule has 0 aromatic carbocycles. The van der Waals surface area contributed by atoms with E-state index < -0.39 is 5.60 Å². The first kappa shape index (κ1) is 19.4. The molecule has 0 saturated carbocycles. The number of aliphatic hydroxyl groups is 2. The number of carbonyl (C=O) groups excluding carboxylic acids is 1. The molecule has 1 saturated heterocycles. The third-order valence-electron chi connectivity index (χ3n) is 3.35. The van der Waals surface area contributed by atoms with Crippen molar-refractivity contribution in [2.45, 2.75) is 46.6 Å². The Labute approximate surface area is 123 Å². The van der Waals surface area contributed by atoms with Crippen LogP contribution in [0, 0.1) is 5.92 Å². The molecule has 0 aromatic heterocycles. The van der Waals surface area contributed by atoms with E-state index in [0.29, 0.717) is 12.3 Å². The Hall–Kier alpha value is -0.650. The minimum absolute atomic E-state index is 0.0590. The molecule has 20 heavy (non-hydrogen) atoms. The zero-order valence-corrected chi connectivity index (χ0v) is 13.7. The van der Waals surface area contributed by atoms with Crippen molar-refractivity contribution < 1.29 is 15.0 Å². The molecular formula is C15H32N2O3. The van der Waals surface area contributed by atoms with E-state index >= 15 is 0 Å². The SMILES string of the molecule is CC(C)(O)CCO.CCN1CCN(C(=O)C(C)C)CC1. The van der Waals surface area contributed by atoms with E-state index in [1.807, 2.05) is 18.7 Å². The number of aliphatic hydroxyl groups excluding tert-OH is 1. The number of rotatable bonds is 4. The highest BCUT2D eigenvalue weighted by Crippen LogP contribution is 2.06. The van der Waals surface area contributed by atoms with Gasteiger partial charge in [0, 0.05) is 38.7 Å². The zero-order valence-electron chi connectivity index (χ0n) is 13.7. The number of piperazine rings is 1. The second kappa shape index (κ2) is 9.32. The fourth-order valence-corrected chi connectivity index (χ4v) is 1.92. The quantitative estimate of drug-likeness (QED) is 0.808. The molecule has 5 heteroatoms. The van der Waals surface area contributed by atoms with Gasteiger partial charge in [-0.3, -0.25) is 4.79 Å². The predicted octanol–water partition coefficient (Wildman–Crippen LogP) is 0.946. The molecule has 5 nitrogen and oxygen atoms in total. The second-order valence-corrected chi connectivity index (χ2v) is 6.20. The van der Waals surface area contributed by atoms with Crippen LogP contribution >= 0.6 is 0 Å². The zero-order chi connectivity index (χ0) is 15.8. The van der Waals surface area contributed by atoms with Gasteiger partial charge in [0.2, 0.25) is 5.91 Å². The van der Waals surface area contributed by atoms with Crippen LogP contribution in [-0.2, 0) is 4.79 Å². The van der Waals surface area contributed by atoms with Gasteiger partial charge in [0.05, 0.1) is 5.60 Å². The van der Waals surface area contributed by atoms with E-state index in [-0.39, 0.29) is 12.5 Å². The van der Waals surface area contributed by atoms with Gasteiger partial charge >= 0.3 is 0 Å². The number of likely N-dealkylation sites (N-methyl/N-ethyl adjacent to an activating group) is 1. The van der Waals surface area contributed by atoms with Gasteiger partial charge in [0.1, 0.15) is 0 Å². The van der Waals surface area contributed by atoms with Crippen molar-refractivity contribution in [1.29, 1.82) is 0 Å². The van der Waals surface area contributed by atoms with Crippen LogP contribution in [0.25, 0.3) is 0 Å². The molecule has 0 spiro atoms. The summed E-state index contributed by atoms with van der Waals surface area (Å²) >= 11 is 0. The molecule has 1 aliphatic heterocycles. The molecule has 1 amide bonds. The summed E-state index contributed by atoms with van der Waals surface area (Å²) in [6.07, 6.45) is 0.451. The van der Waals surface area contributed by atoms with Crippen molar-refractivity contribution in [2.24, 2.45) is 5.92 Å². The van der Waals surface area contributed by atoms with Crippen LogP contribution in [0.5, 0.6) is 0 Å².